The molecule has 2 amide bonds. The van der Waals surface area contributed by atoms with Crippen LogP contribution in [0.15, 0.2) is 48.5 Å². The molecule has 31 heavy (non-hydrogen) atoms. The van der Waals surface area contributed by atoms with Gasteiger partial charge in [-0.2, -0.15) is 0 Å². The molecule has 0 aromatic heterocycles. The molecule has 1 saturated heterocycles. The molecule has 2 aromatic rings. The molecule has 0 aliphatic carbocycles. The Bertz CT molecular complexity index is 892. The Morgan fingerprint density at radius 2 is 1.68 bits per heavy atom. The number of aryl methyl sites for hydroxylation is 1. The molecule has 0 spiro atoms. The summed E-state index contributed by atoms with van der Waals surface area (Å²) in [5.74, 6) is 0.127. The SMILES string of the molecule is CCN(C(=O)[C@@H](C)N1CCN(CC(=O)Nc2cccc(C)c2C)CC1)c1ccccc1. The second-order valence-corrected chi connectivity index (χ2v) is 8.20. The van der Waals surface area contributed by atoms with E-state index in [0.717, 1.165) is 43.1 Å². The van der Waals surface area contributed by atoms with E-state index in [-0.39, 0.29) is 17.9 Å². The molecule has 1 heterocycles. The van der Waals surface area contributed by atoms with Crippen molar-refractivity contribution in [3.05, 3.63) is 59.7 Å². The molecule has 1 atom stereocenters. The highest BCUT2D eigenvalue weighted by Crippen LogP contribution is 2.19. The highest BCUT2D eigenvalue weighted by atomic mass is 16.2. The maximum atomic E-state index is 13.1. The average Bonchev–Trinajstić information content (AvgIpc) is 2.78. The first kappa shape index (κ1) is 23.0. The van der Waals surface area contributed by atoms with Crippen LogP contribution in [-0.4, -0.2) is 66.9 Å². The number of carbonyl (C=O) groups is 2. The number of likely N-dealkylation sites (N-methyl/N-ethyl adjacent to an activating group) is 1. The summed E-state index contributed by atoms with van der Waals surface area (Å²) in [6.45, 7) is 12.2. The molecule has 6 heteroatoms. The summed E-state index contributed by atoms with van der Waals surface area (Å²) < 4.78 is 0. The minimum Gasteiger partial charge on any atom is -0.325 e. The summed E-state index contributed by atoms with van der Waals surface area (Å²) in [5, 5.41) is 3.04. The van der Waals surface area contributed by atoms with Crippen LogP contribution in [0.4, 0.5) is 11.4 Å². The fourth-order valence-corrected chi connectivity index (χ4v) is 4.04. The van der Waals surface area contributed by atoms with Gasteiger partial charge in [0.1, 0.15) is 0 Å². The van der Waals surface area contributed by atoms with Gasteiger partial charge in [0, 0.05) is 44.1 Å². The largest absolute Gasteiger partial charge is 0.325 e. The van der Waals surface area contributed by atoms with Gasteiger partial charge in [-0.15, -0.1) is 0 Å². The number of carbonyl (C=O) groups excluding carboxylic acids is 2. The lowest BCUT2D eigenvalue weighted by Crippen LogP contribution is -2.55. The summed E-state index contributed by atoms with van der Waals surface area (Å²) in [7, 11) is 0. The minimum atomic E-state index is -0.189. The van der Waals surface area contributed by atoms with Crippen LogP contribution in [0.3, 0.4) is 0 Å². The van der Waals surface area contributed by atoms with E-state index in [4.69, 9.17) is 0 Å². The van der Waals surface area contributed by atoms with E-state index in [1.54, 1.807) is 0 Å². The quantitative estimate of drug-likeness (QED) is 0.744. The fourth-order valence-electron chi connectivity index (χ4n) is 4.04. The van der Waals surface area contributed by atoms with E-state index in [9.17, 15) is 9.59 Å². The molecule has 1 fully saturated rings. The van der Waals surface area contributed by atoms with Crippen LogP contribution >= 0.6 is 0 Å². The van der Waals surface area contributed by atoms with Crippen LogP contribution in [0.25, 0.3) is 0 Å². The van der Waals surface area contributed by atoms with Gasteiger partial charge in [-0.1, -0.05) is 30.3 Å². The van der Waals surface area contributed by atoms with Crippen molar-refractivity contribution in [3.8, 4) is 0 Å². The van der Waals surface area contributed by atoms with Crippen molar-refractivity contribution in [1.29, 1.82) is 0 Å². The van der Waals surface area contributed by atoms with Gasteiger partial charge in [0.2, 0.25) is 11.8 Å². The number of amides is 2. The first-order chi connectivity index (χ1) is 14.9. The Kier molecular flexibility index (Phi) is 7.82. The lowest BCUT2D eigenvalue weighted by Gasteiger charge is -2.38. The molecule has 1 N–H and O–H groups in total. The summed E-state index contributed by atoms with van der Waals surface area (Å²) in [4.78, 5) is 31.8. The smallest absolute Gasteiger partial charge is 0.244 e. The number of benzene rings is 2. The summed E-state index contributed by atoms with van der Waals surface area (Å²) in [6, 6.07) is 15.6. The lowest BCUT2D eigenvalue weighted by molar-refractivity contribution is -0.124. The Morgan fingerprint density at radius 3 is 2.32 bits per heavy atom. The topological polar surface area (TPSA) is 55.9 Å². The van der Waals surface area contributed by atoms with E-state index in [1.807, 2.05) is 81.1 Å². The number of nitrogens with zero attached hydrogens (tertiary/aromatic N) is 3. The van der Waals surface area contributed by atoms with Gasteiger partial charge < -0.3 is 10.2 Å². The third kappa shape index (κ3) is 5.71. The van der Waals surface area contributed by atoms with Crippen LogP contribution < -0.4 is 10.2 Å². The third-order valence-electron chi connectivity index (χ3n) is 6.21. The summed E-state index contributed by atoms with van der Waals surface area (Å²) >= 11 is 0. The zero-order valence-electron chi connectivity index (χ0n) is 19.1. The molecule has 2 aromatic carbocycles. The highest BCUT2D eigenvalue weighted by molar-refractivity contribution is 5.97. The van der Waals surface area contributed by atoms with Crippen molar-refractivity contribution in [2.24, 2.45) is 0 Å². The number of piperazine rings is 1. The van der Waals surface area contributed by atoms with Gasteiger partial charge in [-0.05, 0) is 57.0 Å². The first-order valence-electron chi connectivity index (χ1n) is 11.1. The summed E-state index contributed by atoms with van der Waals surface area (Å²) in [6.07, 6.45) is 0. The molecule has 0 unspecified atom stereocenters. The van der Waals surface area contributed by atoms with E-state index < -0.39 is 0 Å². The van der Waals surface area contributed by atoms with Gasteiger partial charge in [-0.3, -0.25) is 19.4 Å². The Balaban J connectivity index is 1.51. The second-order valence-electron chi connectivity index (χ2n) is 8.20. The number of para-hydroxylation sites is 1. The van der Waals surface area contributed by atoms with Crippen LogP contribution in [0.1, 0.15) is 25.0 Å². The predicted molar refractivity (Wildman–Crippen MR) is 126 cm³/mol. The van der Waals surface area contributed by atoms with Crippen LogP contribution in [0.2, 0.25) is 0 Å². The van der Waals surface area contributed by atoms with Crippen molar-refractivity contribution in [2.75, 3.05) is 49.5 Å². The molecule has 166 valence electrons. The Hall–Kier alpha value is -2.70. The Morgan fingerprint density at radius 1 is 1.00 bits per heavy atom. The van der Waals surface area contributed by atoms with Crippen LogP contribution in [0, 0.1) is 13.8 Å². The standard InChI is InChI=1S/C25H34N4O2/c1-5-29(22-11-7-6-8-12-22)25(31)21(4)28-16-14-27(15-17-28)18-24(30)26-23-13-9-10-19(2)20(23)3/h6-13,21H,5,14-18H2,1-4H3,(H,26,30)/t21-/m1/s1. The number of hydrogen-bond acceptors (Lipinski definition) is 4. The minimum absolute atomic E-state index is 0.00695. The normalized spacial score (nSPS) is 16.0. The van der Waals surface area contributed by atoms with Crippen molar-refractivity contribution in [2.45, 2.75) is 33.7 Å². The van der Waals surface area contributed by atoms with Crippen molar-refractivity contribution in [1.82, 2.24) is 9.80 Å². The maximum Gasteiger partial charge on any atom is 0.244 e. The number of nitrogens with one attached hydrogen (secondary N) is 1. The molecule has 1 aliphatic heterocycles. The van der Waals surface area contributed by atoms with Gasteiger partial charge in [0.25, 0.3) is 0 Å². The molecular weight excluding hydrogens is 388 g/mol. The monoisotopic (exact) mass is 422 g/mol. The van der Waals surface area contributed by atoms with Gasteiger partial charge >= 0.3 is 0 Å². The zero-order valence-corrected chi connectivity index (χ0v) is 19.1. The van der Waals surface area contributed by atoms with Crippen LogP contribution in [0.5, 0.6) is 0 Å². The van der Waals surface area contributed by atoms with E-state index in [1.165, 1.54) is 5.56 Å². The molecule has 0 radical (unpaired) electrons. The second kappa shape index (κ2) is 10.6. The van der Waals surface area contributed by atoms with Gasteiger partial charge in [-0.25, -0.2) is 0 Å². The highest BCUT2D eigenvalue weighted by Gasteiger charge is 2.29. The van der Waals surface area contributed by atoms with Crippen molar-refractivity contribution < 1.29 is 9.59 Å². The van der Waals surface area contributed by atoms with Gasteiger partial charge in [0.05, 0.1) is 12.6 Å². The number of anilines is 2. The van der Waals surface area contributed by atoms with Crippen molar-refractivity contribution >= 4 is 23.2 Å². The molecule has 3 rings (SSSR count). The molecule has 0 bridgehead atoms. The first-order valence-corrected chi connectivity index (χ1v) is 11.1. The lowest BCUT2D eigenvalue weighted by atomic mass is 10.1. The van der Waals surface area contributed by atoms with E-state index in [2.05, 4.69) is 15.1 Å². The number of hydrogen-bond donors (Lipinski definition) is 1. The van der Waals surface area contributed by atoms with E-state index >= 15 is 0 Å². The zero-order chi connectivity index (χ0) is 22.4. The molecule has 0 saturated carbocycles. The molecule has 1 aliphatic rings. The fraction of sp³-hybridized carbons (Fsp3) is 0.440. The molecule has 6 nitrogen and oxygen atoms in total. The molecular formula is C25H34N4O2. The number of rotatable bonds is 7. The maximum absolute atomic E-state index is 13.1. The average molecular weight is 423 g/mol. The third-order valence-corrected chi connectivity index (χ3v) is 6.21. The predicted octanol–water partition coefficient (Wildman–Crippen LogP) is 3.30. The van der Waals surface area contributed by atoms with Gasteiger partial charge in [0.15, 0.2) is 0 Å². The Labute approximate surface area is 185 Å². The summed E-state index contributed by atoms with van der Waals surface area (Å²) in [5.41, 5.74) is 4.08. The van der Waals surface area contributed by atoms with Crippen molar-refractivity contribution in [3.63, 3.8) is 0 Å². The van der Waals surface area contributed by atoms with Crippen LogP contribution in [-0.2, 0) is 9.59 Å². The van der Waals surface area contributed by atoms with E-state index in [0.29, 0.717) is 13.1 Å².